The van der Waals surface area contributed by atoms with Crippen molar-refractivity contribution in [2.24, 2.45) is 0 Å². The van der Waals surface area contributed by atoms with Crippen molar-refractivity contribution in [1.82, 2.24) is 10.9 Å². The monoisotopic (exact) mass is 336 g/mol. The summed E-state index contributed by atoms with van der Waals surface area (Å²) in [6.45, 7) is 0. The Morgan fingerprint density at radius 3 is 2.39 bits per heavy atom. The van der Waals surface area contributed by atoms with Gasteiger partial charge in [0, 0.05) is 22.6 Å². The van der Waals surface area contributed by atoms with E-state index < -0.39 is 17.5 Å². The zero-order chi connectivity index (χ0) is 16.7. The number of hydrazine groups is 1. The summed E-state index contributed by atoms with van der Waals surface area (Å²) in [6.07, 6.45) is 0.124. The lowest BCUT2D eigenvalue weighted by molar-refractivity contribution is -0.121. The molecule has 0 aliphatic rings. The molecule has 0 unspecified atom stereocenters. The number of amides is 2. The van der Waals surface area contributed by atoms with E-state index in [1.165, 1.54) is 17.8 Å². The van der Waals surface area contributed by atoms with Crippen molar-refractivity contribution in [1.29, 1.82) is 0 Å². The number of carbonyl (C=O) groups excluding carboxylic acids is 2. The van der Waals surface area contributed by atoms with Gasteiger partial charge in [-0.3, -0.25) is 20.4 Å². The van der Waals surface area contributed by atoms with Gasteiger partial charge in [-0.25, -0.2) is 8.78 Å². The molecule has 0 spiro atoms. The minimum Gasteiger partial charge on any atom is -0.273 e. The van der Waals surface area contributed by atoms with Crippen molar-refractivity contribution in [2.75, 3.05) is 5.75 Å². The molecule has 0 saturated carbocycles. The maximum absolute atomic E-state index is 13.0. The average molecular weight is 336 g/mol. The molecule has 0 atom stereocenters. The minimum atomic E-state index is -0.922. The first-order valence-corrected chi connectivity index (χ1v) is 7.77. The molecular formula is C16H14F2N2O2S. The van der Waals surface area contributed by atoms with Crippen molar-refractivity contribution >= 4 is 23.6 Å². The Bertz CT molecular complexity index is 696. The van der Waals surface area contributed by atoms with Crippen molar-refractivity contribution in [2.45, 2.75) is 11.3 Å². The van der Waals surface area contributed by atoms with Crippen LogP contribution in [0.4, 0.5) is 8.78 Å². The molecule has 2 N–H and O–H groups in total. The number of rotatable bonds is 5. The molecule has 0 bridgehead atoms. The van der Waals surface area contributed by atoms with E-state index in [1.54, 1.807) is 30.3 Å². The van der Waals surface area contributed by atoms with Crippen LogP contribution in [0.25, 0.3) is 0 Å². The smallest absolute Gasteiger partial charge is 0.269 e. The molecule has 120 valence electrons. The Morgan fingerprint density at radius 2 is 1.70 bits per heavy atom. The summed E-state index contributed by atoms with van der Waals surface area (Å²) in [7, 11) is 0. The number of carbonyl (C=O) groups is 2. The van der Waals surface area contributed by atoms with Gasteiger partial charge in [0.1, 0.15) is 0 Å². The van der Waals surface area contributed by atoms with Crippen molar-refractivity contribution in [3.05, 3.63) is 65.7 Å². The van der Waals surface area contributed by atoms with Crippen molar-refractivity contribution in [3.8, 4) is 0 Å². The van der Waals surface area contributed by atoms with Crippen molar-refractivity contribution in [3.63, 3.8) is 0 Å². The normalized spacial score (nSPS) is 10.2. The first-order valence-electron chi connectivity index (χ1n) is 6.78. The van der Waals surface area contributed by atoms with E-state index in [1.807, 2.05) is 0 Å². The fourth-order valence-electron chi connectivity index (χ4n) is 1.68. The van der Waals surface area contributed by atoms with Crippen LogP contribution < -0.4 is 10.9 Å². The first kappa shape index (κ1) is 17.0. The second kappa shape index (κ2) is 8.28. The molecule has 4 nitrogen and oxygen atoms in total. The molecule has 0 heterocycles. The molecule has 0 radical (unpaired) electrons. The SMILES string of the molecule is O=C(CCSc1ccc(F)c(F)c1)NNC(=O)c1ccccc1. The zero-order valence-corrected chi connectivity index (χ0v) is 12.8. The number of benzene rings is 2. The van der Waals surface area contributed by atoms with Crippen LogP contribution in [0.3, 0.4) is 0 Å². The largest absolute Gasteiger partial charge is 0.273 e. The highest BCUT2D eigenvalue weighted by molar-refractivity contribution is 7.99. The maximum Gasteiger partial charge on any atom is 0.269 e. The Balaban J connectivity index is 1.71. The molecule has 0 aliphatic carbocycles. The second-order valence-electron chi connectivity index (χ2n) is 4.54. The minimum absolute atomic E-state index is 0.124. The lowest BCUT2D eigenvalue weighted by Crippen LogP contribution is -2.41. The van der Waals surface area contributed by atoms with Gasteiger partial charge in [0.15, 0.2) is 11.6 Å². The average Bonchev–Trinajstić information content (AvgIpc) is 2.56. The van der Waals surface area contributed by atoms with Gasteiger partial charge in [-0.05, 0) is 30.3 Å². The number of thioether (sulfide) groups is 1. The van der Waals surface area contributed by atoms with Crippen LogP contribution in [0.1, 0.15) is 16.8 Å². The molecule has 0 saturated heterocycles. The molecule has 2 rings (SSSR count). The second-order valence-corrected chi connectivity index (χ2v) is 5.71. The molecule has 0 aliphatic heterocycles. The summed E-state index contributed by atoms with van der Waals surface area (Å²) in [4.78, 5) is 23.9. The Hall–Kier alpha value is -2.41. The standard InChI is InChI=1S/C16H14F2N2O2S/c17-13-7-6-12(10-14(13)18)23-9-8-15(21)19-20-16(22)11-4-2-1-3-5-11/h1-7,10H,8-9H2,(H,19,21)(H,20,22). The summed E-state index contributed by atoms with van der Waals surface area (Å²) in [5.74, 6) is -2.24. The van der Waals surface area contributed by atoms with Gasteiger partial charge in [0.25, 0.3) is 5.91 Å². The van der Waals surface area contributed by atoms with E-state index >= 15 is 0 Å². The fraction of sp³-hybridized carbons (Fsp3) is 0.125. The molecule has 2 aromatic rings. The van der Waals surface area contributed by atoms with Crippen LogP contribution in [-0.4, -0.2) is 17.6 Å². The summed E-state index contributed by atoms with van der Waals surface area (Å²) in [5, 5.41) is 0. The van der Waals surface area contributed by atoms with E-state index in [4.69, 9.17) is 0 Å². The first-order chi connectivity index (χ1) is 11.1. The molecule has 2 amide bonds. The Labute approximate surface area is 136 Å². The van der Waals surface area contributed by atoms with Crippen LogP contribution >= 0.6 is 11.8 Å². The molecular weight excluding hydrogens is 322 g/mol. The molecule has 0 fully saturated rings. The number of nitrogens with one attached hydrogen (secondary N) is 2. The highest BCUT2D eigenvalue weighted by Crippen LogP contribution is 2.20. The van der Waals surface area contributed by atoms with E-state index in [0.29, 0.717) is 16.2 Å². The highest BCUT2D eigenvalue weighted by Gasteiger charge is 2.07. The number of hydrogen-bond acceptors (Lipinski definition) is 3. The Kier molecular flexibility index (Phi) is 6.10. The van der Waals surface area contributed by atoms with E-state index in [0.717, 1.165) is 12.1 Å². The molecule has 23 heavy (non-hydrogen) atoms. The summed E-state index contributed by atoms with van der Waals surface area (Å²) < 4.78 is 25.8. The van der Waals surface area contributed by atoms with Gasteiger partial charge < -0.3 is 0 Å². The molecule has 7 heteroatoms. The molecule has 0 aromatic heterocycles. The lowest BCUT2D eigenvalue weighted by atomic mass is 10.2. The third kappa shape index (κ3) is 5.37. The number of hydrogen-bond donors (Lipinski definition) is 2. The lowest BCUT2D eigenvalue weighted by Gasteiger charge is -2.07. The van der Waals surface area contributed by atoms with E-state index in [-0.39, 0.29) is 12.3 Å². The van der Waals surface area contributed by atoms with Gasteiger partial charge in [-0.1, -0.05) is 18.2 Å². The topological polar surface area (TPSA) is 58.2 Å². The van der Waals surface area contributed by atoms with Crippen LogP contribution in [-0.2, 0) is 4.79 Å². The summed E-state index contributed by atoms with van der Waals surface area (Å²) >= 11 is 1.22. The van der Waals surface area contributed by atoms with Crippen LogP contribution in [0.15, 0.2) is 53.4 Å². The predicted octanol–water partition coefficient (Wildman–Crippen LogP) is 2.91. The van der Waals surface area contributed by atoms with Gasteiger partial charge in [0.2, 0.25) is 5.91 Å². The van der Waals surface area contributed by atoms with Crippen LogP contribution in [0, 0.1) is 11.6 Å². The highest BCUT2D eigenvalue weighted by atomic mass is 32.2. The summed E-state index contributed by atoms with van der Waals surface area (Å²) in [6, 6.07) is 12.0. The predicted molar refractivity (Wildman–Crippen MR) is 83.7 cm³/mol. The quantitative estimate of drug-likeness (QED) is 0.652. The molecule has 2 aromatic carbocycles. The fourth-order valence-corrected chi connectivity index (χ4v) is 2.55. The van der Waals surface area contributed by atoms with E-state index in [9.17, 15) is 18.4 Å². The van der Waals surface area contributed by atoms with Gasteiger partial charge >= 0.3 is 0 Å². The van der Waals surface area contributed by atoms with Gasteiger partial charge in [0.05, 0.1) is 0 Å². The Morgan fingerprint density at radius 1 is 0.957 bits per heavy atom. The van der Waals surface area contributed by atoms with E-state index in [2.05, 4.69) is 10.9 Å². The zero-order valence-electron chi connectivity index (χ0n) is 12.0. The van der Waals surface area contributed by atoms with Crippen LogP contribution in [0.2, 0.25) is 0 Å². The van der Waals surface area contributed by atoms with Gasteiger partial charge in [-0.15, -0.1) is 11.8 Å². The summed E-state index contributed by atoms with van der Waals surface area (Å²) in [5.41, 5.74) is 5.04. The van der Waals surface area contributed by atoms with Gasteiger partial charge in [-0.2, -0.15) is 0 Å². The third-order valence-corrected chi connectivity index (χ3v) is 3.84. The number of halogens is 2. The third-order valence-electron chi connectivity index (χ3n) is 2.84. The maximum atomic E-state index is 13.0. The van der Waals surface area contributed by atoms with Crippen LogP contribution in [0.5, 0.6) is 0 Å². The van der Waals surface area contributed by atoms with Crippen molar-refractivity contribution < 1.29 is 18.4 Å².